The molecule has 1 N–H and O–H groups in total. The Morgan fingerprint density at radius 2 is 2.30 bits per heavy atom. The van der Waals surface area contributed by atoms with Crippen molar-refractivity contribution < 1.29 is 14.6 Å². The summed E-state index contributed by atoms with van der Waals surface area (Å²) in [6.45, 7) is 6.10. The Balaban J connectivity index is 2.03. The predicted molar refractivity (Wildman–Crippen MR) is 79.4 cm³/mol. The second-order valence-corrected chi connectivity index (χ2v) is 5.29. The van der Waals surface area contributed by atoms with Crippen LogP contribution in [0.1, 0.15) is 30.9 Å². The monoisotopic (exact) mass is 277 g/mol. The number of aliphatic carboxylic acids is 1. The molecule has 0 radical (unpaired) electrons. The highest BCUT2D eigenvalue weighted by atomic mass is 16.5. The summed E-state index contributed by atoms with van der Waals surface area (Å²) in [5.41, 5.74) is 3.91. The van der Waals surface area contributed by atoms with Gasteiger partial charge in [-0.1, -0.05) is 17.7 Å². The molecule has 0 spiro atoms. The van der Waals surface area contributed by atoms with E-state index in [1.54, 1.807) is 0 Å². The highest BCUT2D eigenvalue weighted by Gasteiger charge is 2.21. The smallest absolute Gasteiger partial charge is 0.332 e. The minimum absolute atomic E-state index is 0.437. The first-order valence-electron chi connectivity index (χ1n) is 7.30. The van der Waals surface area contributed by atoms with Gasteiger partial charge in [0.15, 0.2) is 6.10 Å². The molecule has 0 fully saturated rings. The van der Waals surface area contributed by atoms with Crippen molar-refractivity contribution in [3.05, 3.63) is 29.3 Å². The summed E-state index contributed by atoms with van der Waals surface area (Å²) < 4.78 is 5.28. The second kappa shape index (κ2) is 6.75. The number of benzene rings is 1. The fourth-order valence-electron chi connectivity index (χ4n) is 2.79. The molecule has 20 heavy (non-hydrogen) atoms. The van der Waals surface area contributed by atoms with Gasteiger partial charge >= 0.3 is 5.97 Å². The first-order valence-corrected chi connectivity index (χ1v) is 7.30. The van der Waals surface area contributed by atoms with Crippen LogP contribution in [0.3, 0.4) is 0 Å². The predicted octanol–water partition coefficient (Wildman–Crippen LogP) is 2.63. The van der Waals surface area contributed by atoms with Crippen molar-refractivity contribution in [3.63, 3.8) is 0 Å². The van der Waals surface area contributed by atoms with Crippen LogP contribution in [0.2, 0.25) is 0 Å². The summed E-state index contributed by atoms with van der Waals surface area (Å²) in [4.78, 5) is 13.4. The summed E-state index contributed by atoms with van der Waals surface area (Å²) in [6.07, 6.45) is 2.07. The molecule has 0 aliphatic carbocycles. The first-order chi connectivity index (χ1) is 9.61. The SMILES string of the molecule is CCOC(CCN1CCCc2cc(C)ccc21)C(=O)O. The third-order valence-corrected chi connectivity index (χ3v) is 3.75. The van der Waals surface area contributed by atoms with Gasteiger partial charge in [0.25, 0.3) is 0 Å². The summed E-state index contributed by atoms with van der Waals surface area (Å²) >= 11 is 0. The van der Waals surface area contributed by atoms with Gasteiger partial charge in [-0.3, -0.25) is 0 Å². The molecular formula is C16H23NO3. The Kier molecular flexibility index (Phi) is 5.01. The minimum Gasteiger partial charge on any atom is -0.479 e. The van der Waals surface area contributed by atoms with E-state index in [1.807, 2.05) is 6.92 Å². The van der Waals surface area contributed by atoms with E-state index in [4.69, 9.17) is 9.84 Å². The molecule has 2 rings (SSSR count). The third-order valence-electron chi connectivity index (χ3n) is 3.75. The topological polar surface area (TPSA) is 49.8 Å². The number of anilines is 1. The Labute approximate surface area is 120 Å². The molecule has 1 atom stereocenters. The van der Waals surface area contributed by atoms with Gasteiger partial charge in [0.05, 0.1) is 0 Å². The van der Waals surface area contributed by atoms with Gasteiger partial charge in [0.2, 0.25) is 0 Å². The van der Waals surface area contributed by atoms with Crippen LogP contribution in [0.25, 0.3) is 0 Å². The average molecular weight is 277 g/mol. The van der Waals surface area contributed by atoms with E-state index in [2.05, 4.69) is 30.0 Å². The van der Waals surface area contributed by atoms with Crippen molar-refractivity contribution in [3.8, 4) is 0 Å². The molecule has 0 aromatic heterocycles. The first kappa shape index (κ1) is 14.9. The molecule has 0 amide bonds. The van der Waals surface area contributed by atoms with E-state index in [1.165, 1.54) is 16.8 Å². The van der Waals surface area contributed by atoms with Gasteiger partial charge in [-0.05, 0) is 38.3 Å². The molecule has 1 aromatic carbocycles. The van der Waals surface area contributed by atoms with Gasteiger partial charge in [0.1, 0.15) is 0 Å². The normalized spacial score (nSPS) is 15.8. The molecule has 110 valence electrons. The quantitative estimate of drug-likeness (QED) is 0.868. The molecule has 0 bridgehead atoms. The van der Waals surface area contributed by atoms with Gasteiger partial charge in [-0.2, -0.15) is 0 Å². The number of aryl methyl sites for hydroxylation is 2. The van der Waals surface area contributed by atoms with Crippen molar-refractivity contribution in [1.29, 1.82) is 0 Å². The van der Waals surface area contributed by atoms with Crippen molar-refractivity contribution in [2.45, 2.75) is 39.2 Å². The minimum atomic E-state index is -0.868. The van der Waals surface area contributed by atoms with Crippen molar-refractivity contribution in [1.82, 2.24) is 0 Å². The van der Waals surface area contributed by atoms with E-state index in [0.29, 0.717) is 13.0 Å². The lowest BCUT2D eigenvalue weighted by Gasteiger charge is -2.32. The number of hydrogen-bond acceptors (Lipinski definition) is 3. The third kappa shape index (κ3) is 3.51. The van der Waals surface area contributed by atoms with Crippen molar-refractivity contribution in [2.24, 2.45) is 0 Å². The fourth-order valence-corrected chi connectivity index (χ4v) is 2.79. The molecule has 1 aromatic rings. The number of rotatable bonds is 6. The Morgan fingerprint density at radius 3 is 3.00 bits per heavy atom. The Hall–Kier alpha value is -1.55. The number of hydrogen-bond donors (Lipinski definition) is 1. The van der Waals surface area contributed by atoms with E-state index in [-0.39, 0.29) is 0 Å². The van der Waals surface area contributed by atoms with Crippen molar-refractivity contribution in [2.75, 3.05) is 24.6 Å². The van der Waals surface area contributed by atoms with E-state index >= 15 is 0 Å². The second-order valence-electron chi connectivity index (χ2n) is 5.29. The Bertz CT molecular complexity index is 473. The van der Waals surface area contributed by atoms with Gasteiger partial charge in [-0.25, -0.2) is 4.79 Å². The lowest BCUT2D eigenvalue weighted by Crippen LogP contribution is -2.35. The molecule has 4 heteroatoms. The molecule has 0 saturated heterocycles. The van der Waals surface area contributed by atoms with Crippen LogP contribution in [0, 0.1) is 6.92 Å². The number of carboxylic acid groups (broad SMARTS) is 1. The number of ether oxygens (including phenoxy) is 1. The standard InChI is InChI=1S/C16H23NO3/c1-3-20-15(16(18)19)8-10-17-9-4-5-13-11-12(2)6-7-14(13)17/h6-7,11,15H,3-5,8-10H2,1-2H3,(H,18,19). The number of carboxylic acids is 1. The lowest BCUT2D eigenvalue weighted by molar-refractivity contribution is -0.150. The molecule has 4 nitrogen and oxygen atoms in total. The highest BCUT2D eigenvalue weighted by Crippen LogP contribution is 2.28. The molecule has 1 heterocycles. The van der Waals surface area contributed by atoms with E-state index in [9.17, 15) is 4.79 Å². The van der Waals surface area contributed by atoms with Crippen LogP contribution in [0.4, 0.5) is 5.69 Å². The maximum atomic E-state index is 11.1. The zero-order chi connectivity index (χ0) is 14.5. The van der Waals surface area contributed by atoms with Crippen LogP contribution in [0.5, 0.6) is 0 Å². The lowest BCUT2D eigenvalue weighted by atomic mass is 9.99. The van der Waals surface area contributed by atoms with Crippen LogP contribution < -0.4 is 4.90 Å². The zero-order valence-corrected chi connectivity index (χ0v) is 12.3. The largest absolute Gasteiger partial charge is 0.479 e. The van der Waals surface area contributed by atoms with Crippen LogP contribution in [-0.2, 0) is 16.0 Å². The van der Waals surface area contributed by atoms with Crippen molar-refractivity contribution >= 4 is 11.7 Å². The molecule has 0 saturated carbocycles. The van der Waals surface area contributed by atoms with Crippen LogP contribution in [0.15, 0.2) is 18.2 Å². The van der Waals surface area contributed by atoms with E-state index < -0.39 is 12.1 Å². The van der Waals surface area contributed by atoms with Gasteiger partial charge in [0, 0.05) is 31.8 Å². The summed E-state index contributed by atoms with van der Waals surface area (Å²) in [6, 6.07) is 6.51. The summed E-state index contributed by atoms with van der Waals surface area (Å²) in [5.74, 6) is -0.868. The summed E-state index contributed by atoms with van der Waals surface area (Å²) in [5, 5.41) is 9.12. The maximum absolute atomic E-state index is 11.1. The van der Waals surface area contributed by atoms with Gasteiger partial charge < -0.3 is 14.7 Å². The van der Waals surface area contributed by atoms with Gasteiger partial charge in [-0.15, -0.1) is 0 Å². The number of carbonyl (C=O) groups is 1. The highest BCUT2D eigenvalue weighted by molar-refractivity contribution is 5.72. The summed E-state index contributed by atoms with van der Waals surface area (Å²) in [7, 11) is 0. The average Bonchev–Trinajstić information content (AvgIpc) is 2.42. The fraction of sp³-hybridized carbons (Fsp3) is 0.562. The van der Waals surface area contributed by atoms with Crippen LogP contribution in [-0.4, -0.2) is 36.9 Å². The molecular weight excluding hydrogens is 254 g/mol. The maximum Gasteiger partial charge on any atom is 0.332 e. The molecule has 1 unspecified atom stereocenters. The molecule has 1 aliphatic heterocycles. The Morgan fingerprint density at radius 1 is 1.50 bits per heavy atom. The zero-order valence-electron chi connectivity index (χ0n) is 12.3. The number of nitrogens with zero attached hydrogens (tertiary/aromatic N) is 1. The molecule has 1 aliphatic rings. The van der Waals surface area contributed by atoms with E-state index in [0.717, 1.165) is 25.9 Å². The van der Waals surface area contributed by atoms with Crippen LogP contribution >= 0.6 is 0 Å². The number of fused-ring (bicyclic) bond motifs is 1.